The van der Waals surface area contributed by atoms with E-state index in [1.807, 2.05) is 12.1 Å². The molecule has 1 aliphatic rings. The number of amides is 1. The maximum Gasteiger partial charge on any atom is 0.220 e. The molecule has 2 atom stereocenters. The van der Waals surface area contributed by atoms with Crippen LogP contribution in [0.15, 0.2) is 24.3 Å². The second kappa shape index (κ2) is 6.71. The molecule has 2 unspecified atom stereocenters. The third-order valence-corrected chi connectivity index (χ3v) is 4.16. The average molecular weight is 260 g/mol. The van der Waals surface area contributed by atoms with Gasteiger partial charge in [0, 0.05) is 19.0 Å². The van der Waals surface area contributed by atoms with Crippen molar-refractivity contribution in [2.75, 3.05) is 6.54 Å². The van der Waals surface area contributed by atoms with Gasteiger partial charge < -0.3 is 11.1 Å². The summed E-state index contributed by atoms with van der Waals surface area (Å²) in [5, 5.41) is 3.03. The van der Waals surface area contributed by atoms with Gasteiger partial charge in [-0.25, -0.2) is 0 Å². The van der Waals surface area contributed by atoms with Crippen molar-refractivity contribution in [3.63, 3.8) is 0 Å². The highest BCUT2D eigenvalue weighted by molar-refractivity contribution is 5.76. The fraction of sp³-hybridized carbons (Fsp3) is 0.562. The molecule has 0 spiro atoms. The minimum atomic E-state index is 0.141. The Morgan fingerprint density at radius 3 is 2.84 bits per heavy atom. The summed E-state index contributed by atoms with van der Waals surface area (Å²) in [6.45, 7) is 2.83. The molecule has 3 heteroatoms. The van der Waals surface area contributed by atoms with Gasteiger partial charge in [0.1, 0.15) is 0 Å². The van der Waals surface area contributed by atoms with Crippen LogP contribution in [-0.2, 0) is 11.2 Å². The first-order valence-electron chi connectivity index (χ1n) is 7.23. The van der Waals surface area contributed by atoms with E-state index in [0.29, 0.717) is 12.3 Å². The zero-order chi connectivity index (χ0) is 13.7. The Morgan fingerprint density at radius 1 is 1.37 bits per heavy atom. The minimum absolute atomic E-state index is 0.141. The van der Waals surface area contributed by atoms with E-state index in [-0.39, 0.29) is 11.9 Å². The fourth-order valence-corrected chi connectivity index (χ4v) is 2.79. The number of rotatable bonds is 5. The molecule has 3 N–H and O–H groups in total. The first kappa shape index (κ1) is 14.1. The van der Waals surface area contributed by atoms with Crippen LogP contribution in [-0.4, -0.2) is 18.5 Å². The van der Waals surface area contributed by atoms with Crippen molar-refractivity contribution < 1.29 is 4.79 Å². The Hall–Kier alpha value is -1.35. The van der Waals surface area contributed by atoms with Gasteiger partial charge in [0.25, 0.3) is 0 Å². The molecule has 19 heavy (non-hydrogen) atoms. The zero-order valence-corrected chi connectivity index (χ0v) is 11.7. The molecular formula is C16H24N2O. The molecule has 0 saturated heterocycles. The lowest BCUT2D eigenvalue weighted by atomic mass is 10.0. The van der Waals surface area contributed by atoms with Crippen LogP contribution in [0.1, 0.15) is 36.8 Å². The van der Waals surface area contributed by atoms with Gasteiger partial charge in [0.05, 0.1) is 0 Å². The normalized spacial score (nSPS) is 22.4. The Morgan fingerprint density at radius 2 is 2.16 bits per heavy atom. The zero-order valence-electron chi connectivity index (χ0n) is 11.7. The van der Waals surface area contributed by atoms with Crippen molar-refractivity contribution in [2.24, 2.45) is 11.7 Å². The summed E-state index contributed by atoms with van der Waals surface area (Å²) in [6, 6.07) is 8.51. The Kier molecular flexibility index (Phi) is 4.97. The molecule has 0 bridgehead atoms. The molecule has 0 aromatic heterocycles. The first-order chi connectivity index (χ1) is 9.16. The molecule has 1 amide bonds. The molecule has 2 rings (SSSR count). The van der Waals surface area contributed by atoms with E-state index in [1.165, 1.54) is 17.5 Å². The lowest BCUT2D eigenvalue weighted by molar-refractivity contribution is -0.121. The van der Waals surface area contributed by atoms with Gasteiger partial charge in [-0.3, -0.25) is 4.79 Å². The molecule has 1 saturated carbocycles. The van der Waals surface area contributed by atoms with Gasteiger partial charge in [-0.05, 0) is 43.2 Å². The van der Waals surface area contributed by atoms with Crippen LogP contribution in [0.25, 0.3) is 0 Å². The third-order valence-electron chi connectivity index (χ3n) is 4.16. The first-order valence-corrected chi connectivity index (χ1v) is 7.23. The number of aryl methyl sites for hydroxylation is 2. The standard InChI is InChI=1S/C16H24N2O/c1-12-5-2-3-6-13(12)9-10-16(19)18-11-14-7-4-8-15(14)17/h2-3,5-6,14-15H,4,7-11,17H2,1H3,(H,18,19). The molecular weight excluding hydrogens is 236 g/mol. The lowest BCUT2D eigenvalue weighted by Crippen LogP contribution is -2.36. The molecule has 3 nitrogen and oxygen atoms in total. The van der Waals surface area contributed by atoms with Crippen LogP contribution in [0.5, 0.6) is 0 Å². The number of nitrogens with one attached hydrogen (secondary N) is 1. The van der Waals surface area contributed by atoms with Gasteiger partial charge in [-0.2, -0.15) is 0 Å². The maximum absolute atomic E-state index is 11.8. The van der Waals surface area contributed by atoms with Crippen molar-refractivity contribution in [2.45, 2.75) is 45.1 Å². The summed E-state index contributed by atoms with van der Waals surface area (Å²) in [7, 11) is 0. The van der Waals surface area contributed by atoms with E-state index in [2.05, 4.69) is 24.4 Å². The molecule has 1 fully saturated rings. The van der Waals surface area contributed by atoms with E-state index in [1.54, 1.807) is 0 Å². The molecule has 1 aromatic rings. The quantitative estimate of drug-likeness (QED) is 0.852. The lowest BCUT2D eigenvalue weighted by Gasteiger charge is -2.16. The second-order valence-electron chi connectivity index (χ2n) is 5.59. The van der Waals surface area contributed by atoms with Gasteiger partial charge in [0.15, 0.2) is 0 Å². The predicted octanol–water partition coefficient (Wildman–Crippen LogP) is 2.17. The van der Waals surface area contributed by atoms with Crippen LogP contribution in [0.2, 0.25) is 0 Å². The van der Waals surface area contributed by atoms with Crippen molar-refractivity contribution in [3.05, 3.63) is 35.4 Å². The van der Waals surface area contributed by atoms with Crippen LogP contribution in [0.4, 0.5) is 0 Å². The summed E-state index contributed by atoms with van der Waals surface area (Å²) < 4.78 is 0. The van der Waals surface area contributed by atoms with Crippen molar-refractivity contribution in [1.29, 1.82) is 0 Å². The van der Waals surface area contributed by atoms with Crippen molar-refractivity contribution >= 4 is 5.91 Å². The van der Waals surface area contributed by atoms with Gasteiger partial charge in [-0.15, -0.1) is 0 Å². The number of nitrogens with two attached hydrogens (primary N) is 1. The number of hydrogen-bond donors (Lipinski definition) is 2. The highest BCUT2D eigenvalue weighted by Crippen LogP contribution is 2.23. The molecule has 1 aliphatic carbocycles. The topological polar surface area (TPSA) is 55.1 Å². The molecule has 104 valence electrons. The van der Waals surface area contributed by atoms with Crippen molar-refractivity contribution in [3.8, 4) is 0 Å². The molecule has 0 aliphatic heterocycles. The fourth-order valence-electron chi connectivity index (χ4n) is 2.79. The maximum atomic E-state index is 11.8. The monoisotopic (exact) mass is 260 g/mol. The molecule has 0 heterocycles. The van der Waals surface area contributed by atoms with Gasteiger partial charge in [-0.1, -0.05) is 30.7 Å². The summed E-state index contributed by atoms with van der Waals surface area (Å²) in [4.78, 5) is 11.8. The number of hydrogen-bond acceptors (Lipinski definition) is 2. The average Bonchev–Trinajstić information content (AvgIpc) is 2.81. The highest BCUT2D eigenvalue weighted by Gasteiger charge is 2.23. The summed E-state index contributed by atoms with van der Waals surface area (Å²) in [5.74, 6) is 0.616. The van der Waals surface area contributed by atoms with E-state index in [4.69, 9.17) is 5.73 Å². The smallest absolute Gasteiger partial charge is 0.220 e. The summed E-state index contributed by atoms with van der Waals surface area (Å²) in [5.41, 5.74) is 8.52. The predicted molar refractivity (Wildman–Crippen MR) is 77.8 cm³/mol. The molecule has 0 radical (unpaired) electrons. The van der Waals surface area contributed by atoms with Gasteiger partial charge >= 0.3 is 0 Å². The second-order valence-corrected chi connectivity index (χ2v) is 5.59. The van der Waals surface area contributed by atoms with E-state index in [9.17, 15) is 4.79 Å². The Balaban J connectivity index is 1.71. The summed E-state index contributed by atoms with van der Waals surface area (Å²) >= 11 is 0. The number of benzene rings is 1. The van der Waals surface area contributed by atoms with Gasteiger partial charge in [0.2, 0.25) is 5.91 Å². The van der Waals surface area contributed by atoms with Crippen LogP contribution >= 0.6 is 0 Å². The van der Waals surface area contributed by atoms with E-state index < -0.39 is 0 Å². The Labute approximate surface area is 115 Å². The number of carbonyl (C=O) groups is 1. The third kappa shape index (κ3) is 4.06. The molecule has 1 aromatic carbocycles. The van der Waals surface area contributed by atoms with E-state index in [0.717, 1.165) is 25.8 Å². The highest BCUT2D eigenvalue weighted by atomic mass is 16.1. The van der Waals surface area contributed by atoms with E-state index >= 15 is 0 Å². The van der Waals surface area contributed by atoms with Crippen molar-refractivity contribution in [1.82, 2.24) is 5.32 Å². The number of carbonyl (C=O) groups excluding carboxylic acids is 1. The van der Waals surface area contributed by atoms with Crippen LogP contribution < -0.4 is 11.1 Å². The SMILES string of the molecule is Cc1ccccc1CCC(=O)NCC1CCCC1N. The van der Waals surface area contributed by atoms with Crippen LogP contribution in [0.3, 0.4) is 0 Å². The summed E-state index contributed by atoms with van der Waals surface area (Å²) in [6.07, 6.45) is 4.83. The largest absolute Gasteiger partial charge is 0.356 e. The minimum Gasteiger partial charge on any atom is -0.356 e. The van der Waals surface area contributed by atoms with Crippen LogP contribution in [0, 0.1) is 12.8 Å². The Bertz CT molecular complexity index is 431.